The van der Waals surface area contributed by atoms with Gasteiger partial charge in [0.05, 0.1) is 10.2 Å². The summed E-state index contributed by atoms with van der Waals surface area (Å²) in [6, 6.07) is 27.5. The maximum Gasteiger partial charge on any atom is 0.272 e. The second kappa shape index (κ2) is 9.30. The number of carbonyl (C=O) groups is 1. The Balaban J connectivity index is 1.36. The zero-order chi connectivity index (χ0) is 22.6. The number of hydrogen-bond acceptors (Lipinski definition) is 3. The molecule has 1 N–H and O–H groups in total. The van der Waals surface area contributed by atoms with Crippen LogP contribution in [0.4, 0.5) is 10.1 Å². The summed E-state index contributed by atoms with van der Waals surface area (Å²) in [5, 5.41) is 4.99. The van der Waals surface area contributed by atoms with Gasteiger partial charge in [-0.2, -0.15) is 0 Å². The number of nitrogens with zero attached hydrogens (tertiary/aromatic N) is 1. The molecule has 33 heavy (non-hydrogen) atoms. The molecule has 0 aliphatic heterocycles. The Bertz CT molecular complexity index is 1410. The van der Waals surface area contributed by atoms with Crippen molar-refractivity contribution in [2.45, 2.75) is 13.2 Å². The Morgan fingerprint density at radius 2 is 1.73 bits per heavy atom. The first-order valence-corrected chi connectivity index (χ1v) is 11.4. The highest BCUT2D eigenvalue weighted by Gasteiger charge is 2.17. The zero-order valence-electron chi connectivity index (χ0n) is 17.7. The van der Waals surface area contributed by atoms with Gasteiger partial charge in [0.15, 0.2) is 0 Å². The van der Waals surface area contributed by atoms with Crippen molar-refractivity contribution >= 4 is 33.1 Å². The lowest BCUT2D eigenvalue weighted by Crippen LogP contribution is -2.17. The van der Waals surface area contributed by atoms with E-state index in [9.17, 15) is 9.18 Å². The third-order valence-corrected chi connectivity index (χ3v) is 6.17. The van der Waals surface area contributed by atoms with Crippen molar-refractivity contribution in [2.24, 2.45) is 0 Å². The van der Waals surface area contributed by atoms with E-state index in [1.807, 2.05) is 82.7 Å². The summed E-state index contributed by atoms with van der Waals surface area (Å²) in [6.45, 7) is 0.811. The molecule has 1 amide bonds. The molecule has 0 aliphatic carbocycles. The maximum atomic E-state index is 13.7. The number of fused-ring (bicyclic) bond motifs is 1. The summed E-state index contributed by atoms with van der Waals surface area (Å²) in [5.74, 6) is 0.292. The summed E-state index contributed by atoms with van der Waals surface area (Å²) >= 11 is 1.58. The van der Waals surface area contributed by atoms with Gasteiger partial charge in [-0.1, -0.05) is 42.5 Å². The number of hydrogen-bond donors (Lipinski definition) is 1. The van der Waals surface area contributed by atoms with Crippen molar-refractivity contribution in [3.8, 4) is 5.75 Å². The average Bonchev–Trinajstić information content (AvgIpc) is 3.41. The van der Waals surface area contributed by atoms with Crippen molar-refractivity contribution in [1.82, 2.24) is 4.57 Å². The van der Waals surface area contributed by atoms with Crippen molar-refractivity contribution in [2.75, 3.05) is 5.32 Å². The van der Waals surface area contributed by atoms with Gasteiger partial charge >= 0.3 is 0 Å². The number of benzene rings is 3. The van der Waals surface area contributed by atoms with Crippen molar-refractivity contribution in [3.63, 3.8) is 0 Å². The van der Waals surface area contributed by atoms with Gasteiger partial charge in [-0.25, -0.2) is 4.39 Å². The minimum Gasteiger partial charge on any atom is -0.489 e. The standard InChI is InChI=1S/C27H21FN2O2S/c28-21-8-4-6-19(14-21)17-30-24-12-13-33-26(24)16-25(30)27(31)29-22-9-5-7-20(15-22)18-32-23-10-2-1-3-11-23/h1-16H,17-18H2,(H,29,31). The van der Waals surface area contributed by atoms with E-state index in [0.29, 0.717) is 24.5 Å². The van der Waals surface area contributed by atoms with Crippen LogP contribution in [0.5, 0.6) is 5.75 Å². The molecule has 0 radical (unpaired) electrons. The van der Waals surface area contributed by atoms with E-state index in [4.69, 9.17) is 4.74 Å². The first kappa shape index (κ1) is 21.0. The number of amides is 1. The number of aromatic nitrogens is 1. The molecule has 2 heterocycles. The predicted octanol–water partition coefficient (Wildman–Crippen LogP) is 6.72. The van der Waals surface area contributed by atoms with Crippen molar-refractivity contribution < 1.29 is 13.9 Å². The number of para-hydroxylation sites is 1. The number of ether oxygens (including phenoxy) is 1. The van der Waals surface area contributed by atoms with Gasteiger partial charge in [-0.3, -0.25) is 4.79 Å². The molecule has 5 rings (SSSR count). The van der Waals surface area contributed by atoms with Gasteiger partial charge in [0.1, 0.15) is 23.9 Å². The predicted molar refractivity (Wildman–Crippen MR) is 130 cm³/mol. The molecule has 0 atom stereocenters. The number of anilines is 1. The summed E-state index contributed by atoms with van der Waals surface area (Å²) < 4.78 is 22.5. The molecule has 3 aromatic carbocycles. The average molecular weight is 457 g/mol. The van der Waals surface area contributed by atoms with Crippen LogP contribution in [0.2, 0.25) is 0 Å². The van der Waals surface area contributed by atoms with Crippen LogP contribution in [0.15, 0.2) is 96.4 Å². The van der Waals surface area contributed by atoms with Crippen molar-refractivity contribution in [1.29, 1.82) is 0 Å². The summed E-state index contributed by atoms with van der Waals surface area (Å²) in [6.07, 6.45) is 0. The number of nitrogens with one attached hydrogen (secondary N) is 1. The topological polar surface area (TPSA) is 43.3 Å². The van der Waals surface area contributed by atoms with Crippen LogP contribution >= 0.6 is 11.3 Å². The van der Waals surface area contributed by atoms with E-state index in [1.165, 1.54) is 12.1 Å². The molecule has 6 heteroatoms. The second-order valence-corrected chi connectivity index (χ2v) is 8.62. The Hall–Kier alpha value is -3.90. The van der Waals surface area contributed by atoms with Crippen molar-refractivity contribution in [3.05, 3.63) is 119 Å². The maximum absolute atomic E-state index is 13.7. The Kier molecular flexibility index (Phi) is 5.91. The van der Waals surface area contributed by atoms with Gasteiger partial charge in [-0.15, -0.1) is 11.3 Å². The fourth-order valence-electron chi connectivity index (χ4n) is 3.77. The van der Waals surface area contributed by atoms with E-state index in [0.717, 1.165) is 27.1 Å². The molecule has 0 bridgehead atoms. The van der Waals surface area contributed by atoms with E-state index in [2.05, 4.69) is 5.32 Å². The summed E-state index contributed by atoms with van der Waals surface area (Å²) in [4.78, 5) is 13.2. The van der Waals surface area contributed by atoms with E-state index < -0.39 is 0 Å². The highest BCUT2D eigenvalue weighted by molar-refractivity contribution is 7.17. The van der Waals surface area contributed by atoms with Crippen LogP contribution < -0.4 is 10.1 Å². The van der Waals surface area contributed by atoms with Crippen LogP contribution in [0.1, 0.15) is 21.6 Å². The minimum atomic E-state index is -0.290. The summed E-state index contributed by atoms with van der Waals surface area (Å²) in [5.41, 5.74) is 3.93. The number of carbonyl (C=O) groups excluding carboxylic acids is 1. The Morgan fingerprint density at radius 1 is 0.909 bits per heavy atom. The number of rotatable bonds is 7. The van der Waals surface area contributed by atoms with Crippen LogP contribution in [0, 0.1) is 5.82 Å². The number of thiophene rings is 1. The molecule has 0 aliphatic rings. The molecular formula is C27H21FN2O2S. The molecule has 0 spiro atoms. The lowest BCUT2D eigenvalue weighted by atomic mass is 10.2. The molecule has 0 fully saturated rings. The summed E-state index contributed by atoms with van der Waals surface area (Å²) in [7, 11) is 0. The van der Waals surface area contributed by atoms with Gasteiger partial charge in [0.2, 0.25) is 0 Å². The van der Waals surface area contributed by atoms with Crippen LogP contribution in [0.25, 0.3) is 10.2 Å². The molecule has 0 saturated heterocycles. The molecular weight excluding hydrogens is 435 g/mol. The van der Waals surface area contributed by atoms with Crippen LogP contribution in [0.3, 0.4) is 0 Å². The Morgan fingerprint density at radius 3 is 2.58 bits per heavy atom. The normalized spacial score (nSPS) is 10.9. The Labute approximate surface area is 194 Å². The van der Waals surface area contributed by atoms with Crippen LogP contribution in [-0.4, -0.2) is 10.5 Å². The van der Waals surface area contributed by atoms with Gasteiger partial charge in [0.25, 0.3) is 5.91 Å². The second-order valence-electron chi connectivity index (χ2n) is 7.67. The van der Waals surface area contributed by atoms with E-state index in [-0.39, 0.29) is 11.7 Å². The monoisotopic (exact) mass is 456 g/mol. The zero-order valence-corrected chi connectivity index (χ0v) is 18.5. The SMILES string of the molecule is O=C(Nc1cccc(COc2ccccc2)c1)c1cc2sccc2n1Cc1cccc(F)c1. The van der Waals surface area contributed by atoms with Gasteiger partial charge in [-0.05, 0) is 65.0 Å². The fraction of sp³-hybridized carbons (Fsp3) is 0.0741. The fourth-order valence-corrected chi connectivity index (χ4v) is 4.59. The van der Waals surface area contributed by atoms with E-state index >= 15 is 0 Å². The highest BCUT2D eigenvalue weighted by Crippen LogP contribution is 2.27. The first-order chi connectivity index (χ1) is 16.2. The van der Waals surface area contributed by atoms with Gasteiger partial charge in [0, 0.05) is 12.2 Å². The molecule has 164 valence electrons. The molecule has 0 saturated carbocycles. The first-order valence-electron chi connectivity index (χ1n) is 10.5. The van der Waals surface area contributed by atoms with Crippen LogP contribution in [-0.2, 0) is 13.2 Å². The highest BCUT2D eigenvalue weighted by atomic mass is 32.1. The largest absolute Gasteiger partial charge is 0.489 e. The lowest BCUT2D eigenvalue weighted by Gasteiger charge is -2.12. The third-order valence-electron chi connectivity index (χ3n) is 5.32. The lowest BCUT2D eigenvalue weighted by molar-refractivity contribution is 0.101. The molecule has 2 aromatic heterocycles. The smallest absolute Gasteiger partial charge is 0.272 e. The van der Waals surface area contributed by atoms with E-state index in [1.54, 1.807) is 17.4 Å². The molecule has 5 aromatic rings. The molecule has 4 nitrogen and oxygen atoms in total. The third kappa shape index (κ3) is 4.81. The number of halogens is 1. The molecule has 0 unspecified atom stereocenters. The quantitative estimate of drug-likeness (QED) is 0.295. The van der Waals surface area contributed by atoms with Gasteiger partial charge < -0.3 is 14.6 Å². The minimum absolute atomic E-state index is 0.212.